The average molecular weight is 435 g/mol. The van der Waals surface area contributed by atoms with E-state index in [1.165, 1.54) is 0 Å². The van der Waals surface area contributed by atoms with Crippen LogP contribution in [0.3, 0.4) is 0 Å². The first kappa shape index (κ1) is 22.8. The van der Waals surface area contributed by atoms with Gasteiger partial charge in [-0.1, -0.05) is 26.0 Å². The number of aromatic hydroxyl groups is 1. The Balaban J connectivity index is 1.98. The van der Waals surface area contributed by atoms with Crippen LogP contribution in [0.1, 0.15) is 30.9 Å². The molecule has 0 spiro atoms. The van der Waals surface area contributed by atoms with E-state index in [4.69, 9.17) is 9.84 Å². The lowest BCUT2D eigenvalue weighted by Crippen LogP contribution is -2.57. The number of aromatic nitrogens is 2. The molecule has 6 N–H and O–H groups in total. The molecular weight excluding hydrogens is 410 g/mol. The number of nitrogens with zero attached hydrogens (tertiary/aromatic N) is 2. The van der Waals surface area contributed by atoms with Crippen LogP contribution >= 0.6 is 0 Å². The van der Waals surface area contributed by atoms with Gasteiger partial charge in [-0.15, -0.1) is 0 Å². The van der Waals surface area contributed by atoms with Gasteiger partial charge < -0.3 is 30.3 Å². The quantitative estimate of drug-likeness (QED) is 0.310. The number of ether oxygens (including phenoxy) is 1. The minimum atomic E-state index is -1.68. The van der Waals surface area contributed by atoms with Crippen LogP contribution in [-0.4, -0.2) is 78.5 Å². The van der Waals surface area contributed by atoms with E-state index in [2.05, 4.69) is 9.98 Å². The second-order valence-electron chi connectivity index (χ2n) is 7.58. The molecule has 11 nitrogen and oxygen atoms in total. The van der Waals surface area contributed by atoms with Crippen molar-refractivity contribution < 1.29 is 30.3 Å². The summed E-state index contributed by atoms with van der Waals surface area (Å²) in [6.07, 6.45) is -5.14. The van der Waals surface area contributed by atoms with Crippen LogP contribution in [0.4, 0.5) is 0 Å². The maximum Gasteiger partial charge on any atom is 0.335 e. The molecule has 31 heavy (non-hydrogen) atoms. The van der Waals surface area contributed by atoms with Crippen molar-refractivity contribution >= 4 is 6.21 Å². The summed E-state index contributed by atoms with van der Waals surface area (Å²) in [5.74, 6) is -0.432. The van der Waals surface area contributed by atoms with Crippen LogP contribution in [0.15, 0.2) is 38.8 Å². The normalized spacial score (nSPS) is 26.6. The second-order valence-corrected chi connectivity index (χ2v) is 7.58. The highest BCUT2D eigenvalue weighted by atomic mass is 16.6. The van der Waals surface area contributed by atoms with Crippen molar-refractivity contribution in [1.29, 1.82) is 0 Å². The van der Waals surface area contributed by atoms with Gasteiger partial charge in [0.15, 0.2) is 6.29 Å². The molecule has 0 saturated carbocycles. The number of H-pyrrole nitrogens is 1. The number of hydrogen-bond donors (Lipinski definition) is 6. The first-order valence-electron chi connectivity index (χ1n) is 9.68. The van der Waals surface area contributed by atoms with Crippen molar-refractivity contribution in [1.82, 2.24) is 9.55 Å². The van der Waals surface area contributed by atoms with Gasteiger partial charge in [-0.25, -0.2) is 9.36 Å². The van der Waals surface area contributed by atoms with Crippen LogP contribution in [-0.2, 0) is 4.74 Å². The number of rotatable bonds is 5. The molecule has 0 radical (unpaired) electrons. The van der Waals surface area contributed by atoms with Crippen molar-refractivity contribution in [2.24, 2.45) is 4.99 Å². The summed E-state index contributed by atoms with van der Waals surface area (Å²) in [5, 5.41) is 49.8. The molecule has 1 aromatic heterocycles. The number of aromatic amines is 1. The topological polar surface area (TPSA) is 178 Å². The molecule has 11 heteroatoms. The molecule has 2 heterocycles. The standard InChI is InChI=1S/C20H25N3O8/c1-9(2)10-3-5-11(6-4-10)23-18(28)12(17(27)22-20(23)30)7-21-14-16(26)15(25)13(8-24)31-19(14)29/h3-7,9,13-16,19,24-26,28-29H,8H2,1-2H3,(H,22,27,30)/t13-,14+,15+,16-,19-/m1/s1. The zero-order chi connectivity index (χ0) is 22.9. The Morgan fingerprint density at radius 3 is 2.39 bits per heavy atom. The van der Waals surface area contributed by atoms with Gasteiger partial charge in [0.25, 0.3) is 5.56 Å². The lowest BCUT2D eigenvalue weighted by molar-refractivity contribution is -0.248. The number of nitrogens with one attached hydrogen (secondary N) is 1. The summed E-state index contributed by atoms with van der Waals surface area (Å²) in [5.41, 5.74) is -0.872. The first-order valence-corrected chi connectivity index (χ1v) is 9.68. The molecule has 0 unspecified atom stereocenters. The number of aliphatic hydroxyl groups excluding tert-OH is 4. The molecule has 168 valence electrons. The molecule has 1 aliphatic rings. The molecule has 1 aromatic carbocycles. The third-order valence-corrected chi connectivity index (χ3v) is 5.18. The third kappa shape index (κ3) is 4.45. The van der Waals surface area contributed by atoms with E-state index in [1.54, 1.807) is 24.3 Å². The molecule has 0 amide bonds. The highest BCUT2D eigenvalue weighted by Crippen LogP contribution is 2.23. The largest absolute Gasteiger partial charge is 0.493 e. The number of hydrogen-bond acceptors (Lipinski definition) is 9. The van der Waals surface area contributed by atoms with Crippen LogP contribution in [0.25, 0.3) is 5.69 Å². The van der Waals surface area contributed by atoms with Crippen molar-refractivity contribution in [2.75, 3.05) is 6.61 Å². The SMILES string of the molecule is CC(C)c1ccc(-n2c(O)c(C=N[C@H]3[C@@H](O)[C@@H](O)[C@@H](CO)O[C@H]3O)c(=O)[nH]c2=O)cc1. The Labute approximate surface area is 176 Å². The highest BCUT2D eigenvalue weighted by molar-refractivity contribution is 5.82. The molecule has 1 fully saturated rings. The predicted octanol–water partition coefficient (Wildman–Crippen LogP) is -1.43. The van der Waals surface area contributed by atoms with Crippen LogP contribution in [0, 0.1) is 0 Å². The molecular formula is C20H25N3O8. The Kier molecular flexibility index (Phi) is 6.72. The van der Waals surface area contributed by atoms with Crippen LogP contribution < -0.4 is 11.2 Å². The fourth-order valence-electron chi connectivity index (χ4n) is 3.31. The Morgan fingerprint density at radius 2 is 1.81 bits per heavy atom. The predicted molar refractivity (Wildman–Crippen MR) is 110 cm³/mol. The zero-order valence-electron chi connectivity index (χ0n) is 16.9. The van der Waals surface area contributed by atoms with Gasteiger partial charge in [0.05, 0.1) is 12.3 Å². The summed E-state index contributed by atoms with van der Waals surface area (Å²) >= 11 is 0. The van der Waals surface area contributed by atoms with Crippen molar-refractivity contribution in [3.05, 3.63) is 56.2 Å². The monoisotopic (exact) mass is 435 g/mol. The van der Waals surface area contributed by atoms with Gasteiger partial charge in [-0.2, -0.15) is 0 Å². The number of aliphatic imine (C=N–C) groups is 1. The van der Waals surface area contributed by atoms with Gasteiger partial charge in [-0.05, 0) is 23.6 Å². The third-order valence-electron chi connectivity index (χ3n) is 5.18. The zero-order valence-corrected chi connectivity index (χ0v) is 16.9. The van der Waals surface area contributed by atoms with Gasteiger partial charge in [-0.3, -0.25) is 14.8 Å². The Morgan fingerprint density at radius 1 is 1.16 bits per heavy atom. The minimum absolute atomic E-state index is 0.258. The van der Waals surface area contributed by atoms with Crippen molar-refractivity contribution in [3.63, 3.8) is 0 Å². The molecule has 5 atom stereocenters. The highest BCUT2D eigenvalue weighted by Gasteiger charge is 2.43. The minimum Gasteiger partial charge on any atom is -0.493 e. The van der Waals surface area contributed by atoms with E-state index in [1.807, 2.05) is 13.8 Å². The first-order chi connectivity index (χ1) is 14.6. The maximum atomic E-state index is 12.3. The lowest BCUT2D eigenvalue weighted by Gasteiger charge is -2.38. The summed E-state index contributed by atoms with van der Waals surface area (Å²) in [4.78, 5) is 30.5. The van der Waals surface area contributed by atoms with Gasteiger partial charge in [0, 0.05) is 6.21 Å². The van der Waals surface area contributed by atoms with Gasteiger partial charge in [0.2, 0.25) is 5.88 Å². The van der Waals surface area contributed by atoms with E-state index in [9.17, 15) is 30.0 Å². The van der Waals surface area contributed by atoms with E-state index in [0.717, 1.165) is 16.3 Å². The Bertz CT molecular complexity index is 1060. The number of aliphatic hydroxyl groups is 4. The Hall–Kier alpha value is -2.83. The molecule has 1 saturated heterocycles. The fraction of sp³-hybridized carbons (Fsp3) is 0.450. The van der Waals surface area contributed by atoms with Crippen molar-refractivity contribution in [2.45, 2.75) is 50.4 Å². The fourth-order valence-corrected chi connectivity index (χ4v) is 3.31. The summed E-state index contributed by atoms with van der Waals surface area (Å²) in [6.45, 7) is 3.38. The summed E-state index contributed by atoms with van der Waals surface area (Å²) in [7, 11) is 0. The molecule has 2 aromatic rings. The van der Waals surface area contributed by atoms with E-state index >= 15 is 0 Å². The smallest absolute Gasteiger partial charge is 0.335 e. The molecule has 0 aliphatic carbocycles. The molecule has 1 aliphatic heterocycles. The van der Waals surface area contributed by atoms with E-state index in [-0.39, 0.29) is 5.92 Å². The number of benzene rings is 1. The summed E-state index contributed by atoms with van der Waals surface area (Å²) in [6, 6.07) is 5.40. The van der Waals surface area contributed by atoms with Gasteiger partial charge >= 0.3 is 5.69 Å². The summed E-state index contributed by atoms with van der Waals surface area (Å²) < 4.78 is 5.88. The molecule has 0 bridgehead atoms. The molecule has 3 rings (SSSR count). The van der Waals surface area contributed by atoms with E-state index in [0.29, 0.717) is 5.69 Å². The van der Waals surface area contributed by atoms with E-state index < -0.39 is 59.9 Å². The van der Waals surface area contributed by atoms with Crippen LogP contribution in [0.2, 0.25) is 0 Å². The van der Waals surface area contributed by atoms with Gasteiger partial charge in [0.1, 0.15) is 29.9 Å². The lowest BCUT2D eigenvalue weighted by atomic mass is 9.97. The average Bonchev–Trinajstić information content (AvgIpc) is 2.72. The van der Waals surface area contributed by atoms with Crippen LogP contribution in [0.5, 0.6) is 5.88 Å². The van der Waals surface area contributed by atoms with Crippen molar-refractivity contribution in [3.8, 4) is 11.6 Å². The maximum absolute atomic E-state index is 12.3. The second kappa shape index (κ2) is 9.12.